The lowest BCUT2D eigenvalue weighted by Crippen LogP contribution is -2.37. The summed E-state index contributed by atoms with van der Waals surface area (Å²) in [5.41, 5.74) is 0.976. The molecule has 0 saturated carbocycles. The van der Waals surface area contributed by atoms with Crippen LogP contribution in [0.3, 0.4) is 0 Å². The van der Waals surface area contributed by atoms with Gasteiger partial charge in [0.1, 0.15) is 5.75 Å². The Balaban J connectivity index is 1.99. The van der Waals surface area contributed by atoms with Crippen molar-refractivity contribution in [3.8, 4) is 5.75 Å². The third-order valence-corrected chi connectivity index (χ3v) is 3.37. The molecular weight excluding hydrogens is 238 g/mol. The predicted octanol–water partition coefficient (Wildman–Crippen LogP) is 3.63. The number of nitrogens with zero attached hydrogens (tertiary/aromatic N) is 1. The Morgan fingerprint density at radius 2 is 2.00 bits per heavy atom. The molecule has 1 aromatic rings. The minimum atomic E-state index is -0.274. The summed E-state index contributed by atoms with van der Waals surface area (Å²) in [6.07, 6.45) is 3.04. The Kier molecular flexibility index (Phi) is 3.89. The van der Waals surface area contributed by atoms with Crippen molar-refractivity contribution >= 4 is 17.7 Å². The molecule has 0 aliphatic carbocycles. The quantitative estimate of drug-likeness (QED) is 0.765. The molecule has 0 radical (unpaired) electrons. The smallest absolute Gasteiger partial charge is 0.410 e. The third-order valence-electron chi connectivity index (χ3n) is 2.96. The van der Waals surface area contributed by atoms with Gasteiger partial charge in [-0.25, -0.2) is 4.79 Å². The molecule has 0 atom stereocenters. The van der Waals surface area contributed by atoms with Crippen LogP contribution in [0.25, 0.3) is 0 Å². The molecule has 1 amide bonds. The summed E-state index contributed by atoms with van der Waals surface area (Å²) < 4.78 is 5.29. The molecule has 17 heavy (non-hydrogen) atoms. The number of piperidine rings is 1. The normalized spacial score (nSPS) is 15.8. The van der Waals surface area contributed by atoms with Gasteiger partial charge in [0.25, 0.3) is 0 Å². The molecular formula is C13H16ClNO2. The number of aryl methyl sites for hydroxylation is 1. The second-order valence-electron chi connectivity index (χ2n) is 4.33. The third kappa shape index (κ3) is 3.13. The van der Waals surface area contributed by atoms with E-state index in [1.165, 1.54) is 6.42 Å². The van der Waals surface area contributed by atoms with Crippen molar-refractivity contribution in [1.82, 2.24) is 4.90 Å². The maximum atomic E-state index is 11.8. The van der Waals surface area contributed by atoms with E-state index < -0.39 is 0 Å². The van der Waals surface area contributed by atoms with E-state index in [1.807, 2.05) is 13.0 Å². The van der Waals surface area contributed by atoms with E-state index in [0.29, 0.717) is 10.8 Å². The summed E-state index contributed by atoms with van der Waals surface area (Å²) in [5, 5.41) is 0.619. The van der Waals surface area contributed by atoms with E-state index in [0.717, 1.165) is 31.5 Å². The highest BCUT2D eigenvalue weighted by molar-refractivity contribution is 6.31. The average Bonchev–Trinajstić information content (AvgIpc) is 2.35. The standard InChI is InChI=1S/C13H16ClNO2/c1-10-5-6-11(9-12(10)14)17-13(16)15-7-3-2-4-8-15/h5-6,9H,2-4,7-8H2,1H3. The molecule has 1 saturated heterocycles. The highest BCUT2D eigenvalue weighted by Gasteiger charge is 2.18. The van der Waals surface area contributed by atoms with Crippen LogP contribution >= 0.6 is 11.6 Å². The second-order valence-corrected chi connectivity index (χ2v) is 4.73. The van der Waals surface area contributed by atoms with E-state index in [2.05, 4.69) is 0 Å². The van der Waals surface area contributed by atoms with Crippen LogP contribution in [-0.2, 0) is 0 Å². The Morgan fingerprint density at radius 3 is 2.65 bits per heavy atom. The van der Waals surface area contributed by atoms with Crippen molar-refractivity contribution in [3.05, 3.63) is 28.8 Å². The molecule has 0 N–H and O–H groups in total. The van der Waals surface area contributed by atoms with Crippen LogP contribution in [0.5, 0.6) is 5.75 Å². The monoisotopic (exact) mass is 253 g/mol. The zero-order valence-corrected chi connectivity index (χ0v) is 10.7. The highest BCUT2D eigenvalue weighted by Crippen LogP contribution is 2.22. The molecule has 0 spiro atoms. The lowest BCUT2D eigenvalue weighted by molar-refractivity contribution is 0.142. The van der Waals surface area contributed by atoms with Crippen molar-refractivity contribution in [2.45, 2.75) is 26.2 Å². The largest absolute Gasteiger partial charge is 0.415 e. The van der Waals surface area contributed by atoms with Crippen molar-refractivity contribution < 1.29 is 9.53 Å². The topological polar surface area (TPSA) is 29.5 Å². The maximum Gasteiger partial charge on any atom is 0.415 e. The number of carbonyl (C=O) groups excluding carboxylic acids is 1. The van der Waals surface area contributed by atoms with Gasteiger partial charge in [0.05, 0.1) is 0 Å². The van der Waals surface area contributed by atoms with E-state index >= 15 is 0 Å². The van der Waals surface area contributed by atoms with E-state index in [9.17, 15) is 4.79 Å². The molecule has 3 nitrogen and oxygen atoms in total. The molecule has 0 bridgehead atoms. The SMILES string of the molecule is Cc1ccc(OC(=O)N2CCCCC2)cc1Cl. The highest BCUT2D eigenvalue weighted by atomic mass is 35.5. The van der Waals surface area contributed by atoms with Gasteiger partial charge in [-0.2, -0.15) is 0 Å². The lowest BCUT2D eigenvalue weighted by Gasteiger charge is -2.25. The van der Waals surface area contributed by atoms with Gasteiger partial charge >= 0.3 is 6.09 Å². The van der Waals surface area contributed by atoms with Crippen molar-refractivity contribution in [1.29, 1.82) is 0 Å². The van der Waals surface area contributed by atoms with Gasteiger partial charge in [-0.15, -0.1) is 0 Å². The first kappa shape index (κ1) is 12.2. The van der Waals surface area contributed by atoms with Gasteiger partial charge in [-0.05, 0) is 43.9 Å². The number of amides is 1. The number of hydrogen-bond donors (Lipinski definition) is 0. The molecule has 92 valence electrons. The van der Waals surface area contributed by atoms with Crippen LogP contribution in [0.2, 0.25) is 5.02 Å². The summed E-state index contributed by atoms with van der Waals surface area (Å²) >= 11 is 5.98. The maximum absolute atomic E-state index is 11.8. The molecule has 1 aliphatic rings. The number of rotatable bonds is 1. The number of ether oxygens (including phenoxy) is 1. The Hall–Kier alpha value is -1.22. The van der Waals surface area contributed by atoms with Crippen LogP contribution < -0.4 is 4.74 Å². The zero-order chi connectivity index (χ0) is 12.3. The first-order valence-corrected chi connectivity index (χ1v) is 6.27. The predicted molar refractivity (Wildman–Crippen MR) is 67.6 cm³/mol. The van der Waals surface area contributed by atoms with Crippen LogP contribution in [0.15, 0.2) is 18.2 Å². The molecule has 1 heterocycles. The van der Waals surface area contributed by atoms with Gasteiger partial charge in [-0.1, -0.05) is 17.7 Å². The Labute approximate surface area is 106 Å². The lowest BCUT2D eigenvalue weighted by atomic mass is 10.1. The zero-order valence-electron chi connectivity index (χ0n) is 9.91. The fraction of sp³-hybridized carbons (Fsp3) is 0.462. The number of likely N-dealkylation sites (tertiary alicyclic amines) is 1. The Bertz CT molecular complexity index is 414. The van der Waals surface area contributed by atoms with Crippen molar-refractivity contribution in [2.24, 2.45) is 0 Å². The van der Waals surface area contributed by atoms with Crippen LogP contribution in [-0.4, -0.2) is 24.1 Å². The van der Waals surface area contributed by atoms with Gasteiger partial charge in [-0.3, -0.25) is 0 Å². The molecule has 0 aromatic heterocycles. The minimum absolute atomic E-state index is 0.274. The Morgan fingerprint density at radius 1 is 1.29 bits per heavy atom. The summed E-state index contributed by atoms with van der Waals surface area (Å²) in [6, 6.07) is 5.29. The van der Waals surface area contributed by atoms with Crippen LogP contribution in [0.4, 0.5) is 4.79 Å². The summed E-state index contributed by atoms with van der Waals surface area (Å²) in [4.78, 5) is 13.6. The van der Waals surface area contributed by atoms with Gasteiger partial charge in [0.15, 0.2) is 0 Å². The molecule has 4 heteroatoms. The first-order valence-electron chi connectivity index (χ1n) is 5.90. The number of benzene rings is 1. The summed E-state index contributed by atoms with van der Waals surface area (Å²) in [7, 11) is 0. The van der Waals surface area contributed by atoms with E-state index in [-0.39, 0.29) is 6.09 Å². The second kappa shape index (κ2) is 5.41. The fourth-order valence-electron chi connectivity index (χ4n) is 1.88. The number of hydrogen-bond acceptors (Lipinski definition) is 2. The number of halogens is 1. The molecule has 2 rings (SSSR count). The molecule has 1 aliphatic heterocycles. The van der Waals surface area contributed by atoms with Crippen molar-refractivity contribution in [3.63, 3.8) is 0 Å². The fourth-order valence-corrected chi connectivity index (χ4v) is 2.05. The average molecular weight is 254 g/mol. The van der Waals surface area contributed by atoms with Gasteiger partial charge in [0, 0.05) is 18.1 Å². The first-order chi connectivity index (χ1) is 8.16. The van der Waals surface area contributed by atoms with E-state index in [1.54, 1.807) is 17.0 Å². The van der Waals surface area contributed by atoms with Crippen LogP contribution in [0, 0.1) is 6.92 Å². The summed E-state index contributed by atoms with van der Waals surface area (Å²) in [6.45, 7) is 3.50. The van der Waals surface area contributed by atoms with E-state index in [4.69, 9.17) is 16.3 Å². The molecule has 1 aromatic carbocycles. The molecule has 0 unspecified atom stereocenters. The van der Waals surface area contributed by atoms with Gasteiger partial charge < -0.3 is 9.64 Å². The summed E-state index contributed by atoms with van der Waals surface area (Å²) in [5.74, 6) is 0.510. The van der Waals surface area contributed by atoms with Gasteiger partial charge in [0.2, 0.25) is 0 Å². The number of carbonyl (C=O) groups is 1. The minimum Gasteiger partial charge on any atom is -0.410 e. The van der Waals surface area contributed by atoms with Crippen molar-refractivity contribution in [2.75, 3.05) is 13.1 Å². The molecule has 1 fully saturated rings. The van der Waals surface area contributed by atoms with Crippen LogP contribution in [0.1, 0.15) is 24.8 Å².